The number of carbonyl (C=O) groups is 2. The van der Waals surface area contributed by atoms with Crippen molar-refractivity contribution in [3.05, 3.63) is 10.8 Å². The number of nitrogen functional groups attached to an aromatic ring is 2. The minimum Gasteiger partial charge on any atom is -0.382 e. The normalized spacial score (nSPS) is 17.9. The Labute approximate surface area is 167 Å². The number of nitrogens with zero attached hydrogens (tertiary/aromatic N) is 4. The lowest BCUT2D eigenvalue weighted by Crippen LogP contribution is -2.57. The van der Waals surface area contributed by atoms with Gasteiger partial charge in [-0.05, 0) is 25.8 Å². The predicted molar refractivity (Wildman–Crippen MR) is 106 cm³/mol. The first kappa shape index (κ1) is 20.1. The molecule has 2 amide bonds. The molecule has 11 nitrogen and oxygen atoms in total. The van der Waals surface area contributed by atoms with E-state index in [1.54, 1.807) is 0 Å². The van der Waals surface area contributed by atoms with Gasteiger partial charge in [-0.15, -0.1) is 0 Å². The molecule has 3 heterocycles. The molecule has 1 fully saturated rings. The Balaban J connectivity index is 1.55. The lowest BCUT2D eigenvalue weighted by molar-refractivity contribution is -0.132. The Kier molecular flexibility index (Phi) is 5.84. The van der Waals surface area contributed by atoms with Crippen molar-refractivity contribution in [1.82, 2.24) is 25.5 Å². The zero-order chi connectivity index (χ0) is 20.3. The molecule has 28 heavy (non-hydrogen) atoms. The molecule has 0 saturated carbocycles. The Hall–Kier alpha value is -2.66. The summed E-state index contributed by atoms with van der Waals surface area (Å²) >= 11 is 5.81. The number of carbonyl (C=O) groups excluding carboxylic acids is 2. The van der Waals surface area contributed by atoms with Gasteiger partial charge in [-0.25, -0.2) is 9.97 Å². The molecule has 152 valence electrons. The standard InChI is InChI=1S/C16H24ClN9O2/c17-11-13(20)23-12(19)10(22-11)14(28)24-15-21-8-16(25-15)3-6-26(7-4-16)9(27)2-1-5-18/h1-8,18H2,(H4,19,20,23)(H2,21,24,25,28). The van der Waals surface area contributed by atoms with Crippen LogP contribution in [0.2, 0.25) is 5.15 Å². The highest BCUT2D eigenvalue weighted by Gasteiger charge is 2.40. The molecule has 12 heteroatoms. The largest absolute Gasteiger partial charge is 0.382 e. The molecule has 0 atom stereocenters. The molecule has 0 aliphatic carbocycles. The molecule has 1 aromatic heterocycles. The van der Waals surface area contributed by atoms with Gasteiger partial charge in [-0.2, -0.15) is 0 Å². The number of aromatic nitrogens is 2. The highest BCUT2D eigenvalue weighted by molar-refractivity contribution is 6.31. The number of rotatable bonds is 4. The summed E-state index contributed by atoms with van der Waals surface area (Å²) in [6, 6.07) is 0. The first-order valence-corrected chi connectivity index (χ1v) is 9.42. The van der Waals surface area contributed by atoms with E-state index in [-0.39, 0.29) is 33.9 Å². The summed E-state index contributed by atoms with van der Waals surface area (Å²) in [5.41, 5.74) is 16.3. The van der Waals surface area contributed by atoms with Crippen molar-refractivity contribution in [2.24, 2.45) is 10.7 Å². The highest BCUT2D eigenvalue weighted by Crippen LogP contribution is 2.26. The van der Waals surface area contributed by atoms with Crippen LogP contribution >= 0.6 is 11.6 Å². The SMILES string of the molecule is NCCCC(=O)N1CCC2(CC1)CN=C(NC(=O)c1nc(Cl)c(N)nc1N)N2. The molecular formula is C16H24ClN9O2. The third kappa shape index (κ3) is 4.25. The second-order valence-electron chi connectivity index (χ2n) is 6.93. The third-order valence-electron chi connectivity index (χ3n) is 4.94. The third-order valence-corrected chi connectivity index (χ3v) is 5.22. The molecule has 0 radical (unpaired) electrons. The van der Waals surface area contributed by atoms with Crippen molar-refractivity contribution in [1.29, 1.82) is 0 Å². The van der Waals surface area contributed by atoms with Crippen LogP contribution in [0.5, 0.6) is 0 Å². The van der Waals surface area contributed by atoms with Crippen LogP contribution in [0.1, 0.15) is 36.2 Å². The van der Waals surface area contributed by atoms with E-state index in [1.165, 1.54) is 0 Å². The Morgan fingerprint density at radius 2 is 1.93 bits per heavy atom. The molecule has 8 N–H and O–H groups in total. The zero-order valence-corrected chi connectivity index (χ0v) is 16.1. The van der Waals surface area contributed by atoms with Crippen LogP contribution in [-0.2, 0) is 4.79 Å². The number of nitrogens with one attached hydrogen (secondary N) is 2. The van der Waals surface area contributed by atoms with Crippen LogP contribution in [0.4, 0.5) is 11.6 Å². The van der Waals surface area contributed by atoms with Crippen molar-refractivity contribution >= 4 is 41.0 Å². The summed E-state index contributed by atoms with van der Waals surface area (Å²) in [7, 11) is 0. The Morgan fingerprint density at radius 1 is 1.21 bits per heavy atom. The number of piperidine rings is 1. The second-order valence-corrected chi connectivity index (χ2v) is 7.29. The van der Waals surface area contributed by atoms with Gasteiger partial charge in [0.1, 0.15) is 0 Å². The van der Waals surface area contributed by atoms with Crippen LogP contribution in [0.15, 0.2) is 4.99 Å². The van der Waals surface area contributed by atoms with E-state index in [0.717, 1.165) is 12.8 Å². The number of aliphatic imine (C=N–C) groups is 1. The number of hydrogen-bond donors (Lipinski definition) is 5. The van der Waals surface area contributed by atoms with Gasteiger partial charge in [-0.1, -0.05) is 11.6 Å². The number of anilines is 2. The van der Waals surface area contributed by atoms with Gasteiger partial charge >= 0.3 is 0 Å². The van der Waals surface area contributed by atoms with Gasteiger partial charge in [0.25, 0.3) is 5.91 Å². The molecule has 0 unspecified atom stereocenters. The Morgan fingerprint density at radius 3 is 2.61 bits per heavy atom. The van der Waals surface area contributed by atoms with Crippen LogP contribution in [-0.4, -0.2) is 64.4 Å². The fraction of sp³-hybridized carbons (Fsp3) is 0.562. The summed E-state index contributed by atoms with van der Waals surface area (Å²) < 4.78 is 0. The van der Waals surface area contributed by atoms with E-state index in [0.29, 0.717) is 45.0 Å². The summed E-state index contributed by atoms with van der Waals surface area (Å²) in [4.78, 5) is 38.4. The highest BCUT2D eigenvalue weighted by atomic mass is 35.5. The minimum absolute atomic E-state index is 0.0428. The average Bonchev–Trinajstić information content (AvgIpc) is 3.05. The van der Waals surface area contributed by atoms with Crippen LogP contribution in [0, 0.1) is 0 Å². The van der Waals surface area contributed by atoms with Crippen molar-refractivity contribution in [3.63, 3.8) is 0 Å². The summed E-state index contributed by atoms with van der Waals surface area (Å²) in [6.45, 7) is 2.30. The lowest BCUT2D eigenvalue weighted by Gasteiger charge is -2.39. The van der Waals surface area contributed by atoms with E-state index in [9.17, 15) is 9.59 Å². The monoisotopic (exact) mass is 409 g/mol. The van der Waals surface area contributed by atoms with Gasteiger partial charge in [-0.3, -0.25) is 19.9 Å². The summed E-state index contributed by atoms with van der Waals surface area (Å²) in [5.74, 6) is -0.274. The molecule has 3 rings (SSSR count). The van der Waals surface area contributed by atoms with E-state index >= 15 is 0 Å². The summed E-state index contributed by atoms with van der Waals surface area (Å²) in [6.07, 6.45) is 2.64. The predicted octanol–water partition coefficient (Wildman–Crippen LogP) is -0.916. The smallest absolute Gasteiger partial charge is 0.280 e. The number of guanidine groups is 1. The van der Waals surface area contributed by atoms with E-state index in [2.05, 4.69) is 25.6 Å². The maximum absolute atomic E-state index is 12.4. The number of halogens is 1. The second kappa shape index (κ2) is 8.15. The molecule has 0 bridgehead atoms. The van der Waals surface area contributed by atoms with Crippen molar-refractivity contribution < 1.29 is 9.59 Å². The number of amides is 2. The van der Waals surface area contributed by atoms with Crippen molar-refractivity contribution in [3.8, 4) is 0 Å². The van der Waals surface area contributed by atoms with E-state index in [1.807, 2.05) is 4.90 Å². The van der Waals surface area contributed by atoms with E-state index < -0.39 is 5.91 Å². The zero-order valence-electron chi connectivity index (χ0n) is 15.4. The molecule has 0 aromatic carbocycles. The molecule has 2 aliphatic heterocycles. The number of likely N-dealkylation sites (tertiary alicyclic amines) is 1. The van der Waals surface area contributed by atoms with Gasteiger partial charge in [0.15, 0.2) is 28.4 Å². The Bertz CT molecular complexity index is 806. The average molecular weight is 410 g/mol. The molecule has 2 aliphatic rings. The fourth-order valence-electron chi connectivity index (χ4n) is 3.29. The lowest BCUT2D eigenvalue weighted by atomic mass is 9.88. The van der Waals surface area contributed by atoms with Crippen LogP contribution < -0.4 is 27.8 Å². The summed E-state index contributed by atoms with van der Waals surface area (Å²) in [5, 5.41) is 5.81. The molecular weight excluding hydrogens is 386 g/mol. The minimum atomic E-state index is -0.579. The molecule has 1 saturated heterocycles. The van der Waals surface area contributed by atoms with Gasteiger partial charge in [0, 0.05) is 19.5 Å². The molecule has 1 aromatic rings. The van der Waals surface area contributed by atoms with Crippen molar-refractivity contribution in [2.45, 2.75) is 31.2 Å². The van der Waals surface area contributed by atoms with Crippen molar-refractivity contribution in [2.75, 3.05) is 37.6 Å². The van der Waals surface area contributed by atoms with Gasteiger partial charge in [0.2, 0.25) is 5.91 Å². The van der Waals surface area contributed by atoms with Gasteiger partial charge < -0.3 is 27.4 Å². The first-order valence-electron chi connectivity index (χ1n) is 9.04. The number of hydrogen-bond acceptors (Lipinski definition) is 9. The molecule has 1 spiro atoms. The first-order chi connectivity index (χ1) is 13.3. The quantitative estimate of drug-likeness (QED) is 0.423. The topological polar surface area (TPSA) is 178 Å². The maximum atomic E-state index is 12.4. The number of nitrogens with two attached hydrogens (primary N) is 3. The fourth-order valence-corrected chi connectivity index (χ4v) is 3.41. The van der Waals surface area contributed by atoms with Gasteiger partial charge in [0.05, 0.1) is 12.1 Å². The van der Waals surface area contributed by atoms with Crippen LogP contribution in [0.3, 0.4) is 0 Å². The van der Waals surface area contributed by atoms with E-state index in [4.69, 9.17) is 28.8 Å². The maximum Gasteiger partial charge on any atom is 0.280 e. The van der Waals surface area contributed by atoms with Crippen LogP contribution in [0.25, 0.3) is 0 Å².